The number of Topliss-reactive ketones (excluding diaryl/α,β-unsaturated/α-hetero) is 1. The van der Waals surface area contributed by atoms with E-state index in [2.05, 4.69) is 0 Å². The Labute approximate surface area is 87.3 Å². The van der Waals surface area contributed by atoms with Gasteiger partial charge in [-0.25, -0.2) is 0 Å². The Morgan fingerprint density at radius 2 is 2.14 bits per heavy atom. The van der Waals surface area contributed by atoms with E-state index in [1.807, 2.05) is 0 Å². The number of carbonyl (C=O) groups is 2. The van der Waals surface area contributed by atoms with Gasteiger partial charge in [0.05, 0.1) is 11.6 Å². The highest BCUT2D eigenvalue weighted by Crippen LogP contribution is 2.18. The summed E-state index contributed by atoms with van der Waals surface area (Å²) in [7, 11) is 1.59. The van der Waals surface area contributed by atoms with Crippen molar-refractivity contribution in [1.29, 1.82) is 0 Å². The molecule has 0 radical (unpaired) electrons. The fourth-order valence-corrected chi connectivity index (χ4v) is 1.29. The molecule has 0 bridgehead atoms. The average Bonchev–Trinajstić information content (AvgIpc) is 2.27. The van der Waals surface area contributed by atoms with Gasteiger partial charge in [0.2, 0.25) is 6.41 Å². The van der Waals surface area contributed by atoms with E-state index in [0.29, 0.717) is 17.7 Å². The first kappa shape index (κ1) is 10.7. The lowest BCUT2D eigenvalue weighted by Crippen LogP contribution is -2.17. The van der Waals surface area contributed by atoms with E-state index in [9.17, 15) is 9.59 Å². The second kappa shape index (κ2) is 4.77. The average molecular weight is 212 g/mol. The lowest BCUT2D eigenvalue weighted by molar-refractivity contribution is -0.107. The first-order chi connectivity index (χ1) is 6.70. The third kappa shape index (κ3) is 2.12. The number of amides is 1. The minimum atomic E-state index is -0.184. The van der Waals surface area contributed by atoms with Crippen LogP contribution >= 0.6 is 11.6 Å². The Hall–Kier alpha value is -1.35. The van der Waals surface area contributed by atoms with E-state index in [1.54, 1.807) is 31.3 Å². The molecule has 0 heterocycles. The van der Waals surface area contributed by atoms with Gasteiger partial charge in [-0.2, -0.15) is 0 Å². The summed E-state index contributed by atoms with van der Waals surface area (Å²) in [5.74, 6) is -0.264. The number of carbonyl (C=O) groups excluding carboxylic acids is 2. The molecule has 0 N–H and O–H groups in total. The predicted molar refractivity (Wildman–Crippen MR) is 56.0 cm³/mol. The molecule has 1 amide bonds. The normalized spacial score (nSPS) is 9.57. The largest absolute Gasteiger partial charge is 0.317 e. The number of hydrogen-bond acceptors (Lipinski definition) is 2. The molecule has 1 rings (SSSR count). The highest BCUT2D eigenvalue weighted by molar-refractivity contribution is 6.31. The molecule has 14 heavy (non-hydrogen) atoms. The summed E-state index contributed by atoms with van der Waals surface area (Å²) in [6.45, 7) is 0. The molecule has 0 aromatic heterocycles. The molecule has 0 fully saturated rings. The van der Waals surface area contributed by atoms with E-state index in [0.717, 1.165) is 0 Å². The Kier molecular flexibility index (Phi) is 3.65. The van der Waals surface area contributed by atoms with Crippen molar-refractivity contribution in [2.75, 3.05) is 17.8 Å². The standard InChI is InChI=1S/C10H10ClNO2/c1-12(7-13)9-5-3-2-4-8(9)10(14)6-11/h2-5,7H,6H2,1H3. The number of para-hydroxylation sites is 1. The number of nitrogens with zero attached hydrogens (tertiary/aromatic N) is 1. The number of benzene rings is 1. The summed E-state index contributed by atoms with van der Waals surface area (Å²) >= 11 is 5.45. The van der Waals surface area contributed by atoms with Crippen molar-refractivity contribution >= 4 is 29.5 Å². The summed E-state index contributed by atoms with van der Waals surface area (Å²) in [6, 6.07) is 6.86. The van der Waals surface area contributed by atoms with E-state index < -0.39 is 0 Å². The number of halogens is 1. The van der Waals surface area contributed by atoms with Gasteiger partial charge in [0, 0.05) is 12.6 Å². The first-order valence-corrected chi connectivity index (χ1v) is 4.60. The molecule has 0 saturated heterocycles. The summed E-state index contributed by atoms with van der Waals surface area (Å²) in [5.41, 5.74) is 1.05. The zero-order valence-electron chi connectivity index (χ0n) is 7.74. The maximum absolute atomic E-state index is 11.4. The molecule has 1 aromatic carbocycles. The Bertz CT molecular complexity index is 352. The van der Waals surface area contributed by atoms with Gasteiger partial charge in [-0.1, -0.05) is 12.1 Å². The Morgan fingerprint density at radius 3 is 2.71 bits per heavy atom. The van der Waals surface area contributed by atoms with Crippen LogP contribution in [0.3, 0.4) is 0 Å². The van der Waals surface area contributed by atoms with Gasteiger partial charge in [-0.3, -0.25) is 9.59 Å². The predicted octanol–water partition coefficient (Wildman–Crippen LogP) is 1.70. The molecule has 0 unspecified atom stereocenters. The molecule has 0 aliphatic rings. The summed E-state index contributed by atoms with van der Waals surface area (Å²) in [4.78, 5) is 23.3. The zero-order valence-corrected chi connectivity index (χ0v) is 8.49. The molecule has 74 valence electrons. The van der Waals surface area contributed by atoms with Crippen LogP contribution in [0.15, 0.2) is 24.3 Å². The monoisotopic (exact) mass is 211 g/mol. The lowest BCUT2D eigenvalue weighted by Gasteiger charge is -2.14. The van der Waals surface area contributed by atoms with Crippen LogP contribution in [-0.2, 0) is 4.79 Å². The minimum absolute atomic E-state index is 0.0797. The smallest absolute Gasteiger partial charge is 0.213 e. The fourth-order valence-electron chi connectivity index (χ4n) is 1.15. The maximum atomic E-state index is 11.4. The molecule has 0 aliphatic heterocycles. The van der Waals surface area contributed by atoms with Gasteiger partial charge < -0.3 is 4.90 Å². The van der Waals surface area contributed by atoms with Crippen LogP contribution in [0, 0.1) is 0 Å². The number of rotatable bonds is 4. The maximum Gasteiger partial charge on any atom is 0.213 e. The van der Waals surface area contributed by atoms with Crippen molar-refractivity contribution in [3.63, 3.8) is 0 Å². The molecule has 3 nitrogen and oxygen atoms in total. The van der Waals surface area contributed by atoms with E-state index >= 15 is 0 Å². The second-order valence-electron chi connectivity index (χ2n) is 2.79. The highest BCUT2D eigenvalue weighted by Gasteiger charge is 2.11. The van der Waals surface area contributed by atoms with Crippen LogP contribution in [0.25, 0.3) is 0 Å². The van der Waals surface area contributed by atoms with E-state index in [1.165, 1.54) is 4.90 Å². The highest BCUT2D eigenvalue weighted by atomic mass is 35.5. The SMILES string of the molecule is CN(C=O)c1ccccc1C(=O)CCl. The molecule has 0 atom stereocenters. The van der Waals surface area contributed by atoms with Crippen molar-refractivity contribution in [3.05, 3.63) is 29.8 Å². The molecule has 0 spiro atoms. The zero-order chi connectivity index (χ0) is 10.6. The van der Waals surface area contributed by atoms with Crippen LogP contribution in [0.4, 0.5) is 5.69 Å². The third-order valence-corrected chi connectivity index (χ3v) is 2.11. The number of anilines is 1. The van der Waals surface area contributed by atoms with Crippen molar-refractivity contribution in [2.24, 2.45) is 0 Å². The van der Waals surface area contributed by atoms with Crippen molar-refractivity contribution < 1.29 is 9.59 Å². The Balaban J connectivity index is 3.15. The van der Waals surface area contributed by atoms with E-state index in [4.69, 9.17) is 11.6 Å². The summed E-state index contributed by atoms with van der Waals surface area (Å²) < 4.78 is 0. The van der Waals surface area contributed by atoms with Crippen molar-refractivity contribution in [2.45, 2.75) is 0 Å². The first-order valence-electron chi connectivity index (χ1n) is 4.07. The van der Waals surface area contributed by atoms with Crippen LogP contribution < -0.4 is 4.90 Å². The summed E-state index contributed by atoms with van der Waals surface area (Å²) in [5, 5.41) is 0. The van der Waals surface area contributed by atoms with Crippen LogP contribution in [0.1, 0.15) is 10.4 Å². The van der Waals surface area contributed by atoms with Crippen LogP contribution in [-0.4, -0.2) is 25.1 Å². The quantitative estimate of drug-likeness (QED) is 0.432. The molecule has 0 aliphatic carbocycles. The van der Waals surface area contributed by atoms with Gasteiger partial charge in [0.25, 0.3) is 0 Å². The van der Waals surface area contributed by atoms with Gasteiger partial charge in [-0.15, -0.1) is 11.6 Å². The lowest BCUT2D eigenvalue weighted by atomic mass is 10.1. The van der Waals surface area contributed by atoms with Gasteiger partial charge >= 0.3 is 0 Å². The van der Waals surface area contributed by atoms with Crippen LogP contribution in [0.5, 0.6) is 0 Å². The molecule has 0 saturated carbocycles. The molecular formula is C10H10ClNO2. The van der Waals surface area contributed by atoms with Gasteiger partial charge in [0.1, 0.15) is 0 Å². The number of ketones is 1. The molecule has 4 heteroatoms. The topological polar surface area (TPSA) is 37.4 Å². The number of alkyl halides is 1. The van der Waals surface area contributed by atoms with Gasteiger partial charge in [0.15, 0.2) is 5.78 Å². The van der Waals surface area contributed by atoms with Gasteiger partial charge in [-0.05, 0) is 12.1 Å². The Morgan fingerprint density at radius 1 is 1.50 bits per heavy atom. The van der Waals surface area contributed by atoms with Crippen molar-refractivity contribution in [1.82, 2.24) is 0 Å². The van der Waals surface area contributed by atoms with E-state index in [-0.39, 0.29) is 11.7 Å². The third-order valence-electron chi connectivity index (χ3n) is 1.86. The second-order valence-corrected chi connectivity index (χ2v) is 3.06. The fraction of sp³-hybridized carbons (Fsp3) is 0.200. The minimum Gasteiger partial charge on any atom is -0.317 e. The summed E-state index contributed by atoms with van der Waals surface area (Å²) in [6.07, 6.45) is 0.653. The molecular weight excluding hydrogens is 202 g/mol. The number of hydrogen-bond donors (Lipinski definition) is 0. The van der Waals surface area contributed by atoms with Crippen LogP contribution in [0.2, 0.25) is 0 Å². The van der Waals surface area contributed by atoms with Crippen molar-refractivity contribution in [3.8, 4) is 0 Å². The molecule has 1 aromatic rings.